The summed E-state index contributed by atoms with van der Waals surface area (Å²) in [6, 6.07) is 0.323. The number of hydrogen-bond acceptors (Lipinski definition) is 3. The monoisotopic (exact) mass is 278 g/mol. The first-order valence-electron chi connectivity index (χ1n) is 7.74. The van der Waals surface area contributed by atoms with Crippen LogP contribution < -0.4 is 11.4 Å². The quantitative estimate of drug-likeness (QED) is 0.859. The third kappa shape index (κ3) is 3.60. The molecule has 20 heavy (non-hydrogen) atoms. The van der Waals surface area contributed by atoms with Crippen LogP contribution in [0.5, 0.6) is 0 Å². The van der Waals surface area contributed by atoms with Crippen molar-refractivity contribution in [3.63, 3.8) is 0 Å². The van der Waals surface area contributed by atoms with Gasteiger partial charge in [0.25, 0.3) is 0 Å². The van der Waals surface area contributed by atoms with Gasteiger partial charge in [0.15, 0.2) is 0 Å². The molecule has 1 aromatic rings. The van der Waals surface area contributed by atoms with Crippen LogP contribution in [0.3, 0.4) is 0 Å². The van der Waals surface area contributed by atoms with Gasteiger partial charge in [-0.15, -0.1) is 0 Å². The minimum atomic E-state index is 0.00312. The summed E-state index contributed by atoms with van der Waals surface area (Å²) in [5.74, 6) is 0. The van der Waals surface area contributed by atoms with Crippen LogP contribution in [0, 0.1) is 0 Å². The van der Waals surface area contributed by atoms with E-state index in [0.717, 1.165) is 18.4 Å². The first-order chi connectivity index (χ1) is 9.76. The van der Waals surface area contributed by atoms with Crippen LogP contribution >= 0.6 is 0 Å². The van der Waals surface area contributed by atoms with E-state index in [-0.39, 0.29) is 5.69 Å². The van der Waals surface area contributed by atoms with Gasteiger partial charge in [-0.1, -0.05) is 38.2 Å². The Balaban J connectivity index is 2.12. The summed E-state index contributed by atoms with van der Waals surface area (Å²) in [6.45, 7) is 2.92. The lowest BCUT2D eigenvalue weighted by atomic mass is 9.97. The molecule has 0 spiro atoms. The molecule has 0 radical (unpaired) electrons. The standard InChI is InChI=1S/C15H26N4O/c1-2-13(10-16)11-19-15(20)18(12-17-19)14-8-6-4-3-5-7-9-14/h2,12,14H,3-11,16H2,1H3/b13-2+. The lowest BCUT2D eigenvalue weighted by Crippen LogP contribution is -2.29. The summed E-state index contributed by atoms with van der Waals surface area (Å²) in [7, 11) is 0. The van der Waals surface area contributed by atoms with E-state index in [4.69, 9.17) is 5.73 Å². The minimum absolute atomic E-state index is 0.00312. The molecule has 0 aromatic carbocycles. The van der Waals surface area contributed by atoms with Gasteiger partial charge in [-0.25, -0.2) is 9.48 Å². The van der Waals surface area contributed by atoms with Crippen molar-refractivity contribution in [1.29, 1.82) is 0 Å². The molecule has 0 unspecified atom stereocenters. The third-order valence-corrected chi connectivity index (χ3v) is 4.25. The first-order valence-corrected chi connectivity index (χ1v) is 7.74. The fourth-order valence-electron chi connectivity index (χ4n) is 2.89. The van der Waals surface area contributed by atoms with Gasteiger partial charge in [0.1, 0.15) is 6.33 Å². The van der Waals surface area contributed by atoms with Crippen LogP contribution in [0.4, 0.5) is 0 Å². The molecule has 0 atom stereocenters. The van der Waals surface area contributed by atoms with Gasteiger partial charge < -0.3 is 5.73 Å². The van der Waals surface area contributed by atoms with Crippen molar-refractivity contribution in [1.82, 2.24) is 14.3 Å². The number of nitrogens with zero attached hydrogens (tertiary/aromatic N) is 3. The van der Waals surface area contributed by atoms with Crippen molar-refractivity contribution in [3.05, 3.63) is 28.5 Å². The lowest BCUT2D eigenvalue weighted by Gasteiger charge is -2.19. The predicted molar refractivity (Wildman–Crippen MR) is 80.7 cm³/mol. The lowest BCUT2D eigenvalue weighted by molar-refractivity contribution is 0.362. The van der Waals surface area contributed by atoms with E-state index in [1.165, 1.54) is 36.8 Å². The topological polar surface area (TPSA) is 65.8 Å². The SMILES string of the molecule is C/C=C(\CN)Cn1ncn(C2CCCCCCC2)c1=O. The van der Waals surface area contributed by atoms with Gasteiger partial charge in [-0.05, 0) is 25.3 Å². The molecule has 1 fully saturated rings. The van der Waals surface area contributed by atoms with Crippen molar-refractivity contribution in [3.8, 4) is 0 Å². The fourth-order valence-corrected chi connectivity index (χ4v) is 2.89. The highest BCUT2D eigenvalue weighted by atomic mass is 16.2. The molecule has 1 aliphatic carbocycles. The van der Waals surface area contributed by atoms with E-state index < -0.39 is 0 Å². The summed E-state index contributed by atoms with van der Waals surface area (Å²) in [5.41, 5.74) is 6.69. The number of rotatable bonds is 4. The molecule has 0 aliphatic heterocycles. The van der Waals surface area contributed by atoms with Crippen molar-refractivity contribution in [2.45, 2.75) is 64.5 Å². The van der Waals surface area contributed by atoms with E-state index in [2.05, 4.69) is 5.10 Å². The molecular formula is C15H26N4O. The fraction of sp³-hybridized carbons (Fsp3) is 0.733. The zero-order valence-electron chi connectivity index (χ0n) is 12.4. The van der Waals surface area contributed by atoms with Crippen LogP contribution in [0.2, 0.25) is 0 Å². The summed E-state index contributed by atoms with van der Waals surface area (Å²) < 4.78 is 3.36. The molecule has 5 nitrogen and oxygen atoms in total. The molecule has 0 saturated heterocycles. The van der Waals surface area contributed by atoms with Gasteiger partial charge in [0.2, 0.25) is 0 Å². The molecule has 2 rings (SSSR count). The van der Waals surface area contributed by atoms with E-state index in [9.17, 15) is 4.79 Å². The van der Waals surface area contributed by atoms with Gasteiger partial charge in [0.05, 0.1) is 6.54 Å². The number of allylic oxidation sites excluding steroid dienone is 1. The number of hydrogen-bond donors (Lipinski definition) is 1. The van der Waals surface area contributed by atoms with E-state index in [0.29, 0.717) is 19.1 Å². The largest absolute Gasteiger partial charge is 0.346 e. The molecule has 112 valence electrons. The Morgan fingerprint density at radius 1 is 1.35 bits per heavy atom. The molecule has 0 amide bonds. The normalized spacial score (nSPS) is 18.8. The molecule has 0 bridgehead atoms. The molecule has 1 aromatic heterocycles. The Morgan fingerprint density at radius 2 is 2.00 bits per heavy atom. The van der Waals surface area contributed by atoms with Crippen LogP contribution in [-0.2, 0) is 6.54 Å². The van der Waals surface area contributed by atoms with E-state index in [1.807, 2.05) is 17.6 Å². The average Bonchev–Trinajstić information content (AvgIpc) is 2.77. The summed E-state index contributed by atoms with van der Waals surface area (Å²) >= 11 is 0. The van der Waals surface area contributed by atoms with Crippen LogP contribution in [0.1, 0.15) is 57.9 Å². The van der Waals surface area contributed by atoms with Crippen molar-refractivity contribution in [2.75, 3.05) is 6.54 Å². The maximum Gasteiger partial charge on any atom is 0.346 e. The Bertz CT molecular complexity index is 492. The molecular weight excluding hydrogens is 252 g/mol. The predicted octanol–water partition coefficient (Wildman–Crippen LogP) is 2.24. The van der Waals surface area contributed by atoms with E-state index >= 15 is 0 Å². The van der Waals surface area contributed by atoms with Crippen molar-refractivity contribution in [2.24, 2.45) is 5.73 Å². The zero-order chi connectivity index (χ0) is 14.4. The summed E-state index contributed by atoms with van der Waals surface area (Å²) in [4.78, 5) is 12.4. The van der Waals surface area contributed by atoms with Crippen LogP contribution in [0.25, 0.3) is 0 Å². The highest BCUT2D eigenvalue weighted by molar-refractivity contribution is 5.01. The van der Waals surface area contributed by atoms with Gasteiger partial charge in [-0.3, -0.25) is 4.57 Å². The first kappa shape index (κ1) is 15.0. The Kier molecular flexibility index (Phi) is 5.59. The zero-order valence-corrected chi connectivity index (χ0v) is 12.4. The maximum atomic E-state index is 12.4. The number of nitrogens with two attached hydrogens (primary N) is 1. The molecule has 5 heteroatoms. The minimum Gasteiger partial charge on any atom is -0.327 e. The molecule has 1 heterocycles. The van der Waals surface area contributed by atoms with Gasteiger partial charge >= 0.3 is 5.69 Å². The summed E-state index contributed by atoms with van der Waals surface area (Å²) in [5, 5.41) is 4.25. The second-order valence-corrected chi connectivity index (χ2v) is 5.63. The maximum absolute atomic E-state index is 12.4. The van der Waals surface area contributed by atoms with E-state index in [1.54, 1.807) is 6.33 Å². The van der Waals surface area contributed by atoms with Crippen molar-refractivity contribution >= 4 is 0 Å². The van der Waals surface area contributed by atoms with Gasteiger partial charge in [0, 0.05) is 12.6 Å². The Hall–Kier alpha value is -1.36. The molecule has 2 N–H and O–H groups in total. The average molecular weight is 278 g/mol. The summed E-state index contributed by atoms with van der Waals surface area (Å²) in [6.07, 6.45) is 12.2. The van der Waals surface area contributed by atoms with Crippen LogP contribution in [0.15, 0.2) is 22.8 Å². The van der Waals surface area contributed by atoms with Crippen molar-refractivity contribution < 1.29 is 0 Å². The second-order valence-electron chi connectivity index (χ2n) is 5.63. The molecule has 1 saturated carbocycles. The Morgan fingerprint density at radius 3 is 2.60 bits per heavy atom. The molecule has 1 aliphatic rings. The smallest absolute Gasteiger partial charge is 0.327 e. The second kappa shape index (κ2) is 7.43. The highest BCUT2D eigenvalue weighted by Crippen LogP contribution is 2.24. The Labute approximate surface area is 120 Å². The highest BCUT2D eigenvalue weighted by Gasteiger charge is 2.17. The van der Waals surface area contributed by atoms with Crippen LogP contribution in [-0.4, -0.2) is 20.9 Å². The van der Waals surface area contributed by atoms with Gasteiger partial charge in [-0.2, -0.15) is 5.10 Å². The third-order valence-electron chi connectivity index (χ3n) is 4.25. The number of aromatic nitrogens is 3.